The molecule has 146 valence electrons. The van der Waals surface area contributed by atoms with Crippen LogP contribution >= 0.6 is 0 Å². The maximum atomic E-state index is 12.2. The Morgan fingerprint density at radius 2 is 1.93 bits per heavy atom. The average molecular weight is 392 g/mol. The number of rotatable bonds is 8. The molecule has 9 heteroatoms. The van der Waals surface area contributed by atoms with E-state index in [9.17, 15) is 8.42 Å². The minimum absolute atomic E-state index is 0.0845. The van der Waals surface area contributed by atoms with Crippen molar-refractivity contribution in [3.05, 3.63) is 47.8 Å². The lowest BCUT2D eigenvalue weighted by atomic mass is 10.3. The number of para-hydroxylation sites is 1. The predicted octanol–water partition coefficient (Wildman–Crippen LogP) is 1.12. The Balaban J connectivity index is 1.54. The number of morpholine rings is 1. The highest BCUT2D eigenvalue weighted by molar-refractivity contribution is 7.89. The van der Waals surface area contributed by atoms with Gasteiger partial charge in [0.2, 0.25) is 16.0 Å². The van der Waals surface area contributed by atoms with Gasteiger partial charge in [-0.05, 0) is 25.1 Å². The molecule has 0 aliphatic carbocycles. The number of ether oxygens (including phenoxy) is 2. The van der Waals surface area contributed by atoms with Crippen LogP contribution in [0.5, 0.6) is 5.75 Å². The van der Waals surface area contributed by atoms with Crippen molar-refractivity contribution in [2.45, 2.75) is 13.5 Å². The van der Waals surface area contributed by atoms with Gasteiger partial charge in [0.25, 0.3) is 0 Å². The van der Waals surface area contributed by atoms with Crippen LogP contribution in [0.4, 0.5) is 5.95 Å². The van der Waals surface area contributed by atoms with E-state index in [0.29, 0.717) is 30.6 Å². The predicted molar refractivity (Wildman–Crippen MR) is 102 cm³/mol. The van der Waals surface area contributed by atoms with Crippen LogP contribution in [-0.2, 0) is 21.3 Å². The minimum atomic E-state index is -3.47. The topological polar surface area (TPSA) is 93.7 Å². The Kier molecular flexibility index (Phi) is 6.59. The highest BCUT2D eigenvalue weighted by Crippen LogP contribution is 2.12. The average Bonchev–Trinajstić information content (AvgIpc) is 2.68. The molecule has 1 aromatic carbocycles. The molecule has 0 unspecified atom stereocenters. The van der Waals surface area contributed by atoms with Crippen LogP contribution < -0.4 is 14.4 Å². The summed E-state index contributed by atoms with van der Waals surface area (Å²) >= 11 is 0. The minimum Gasteiger partial charge on any atom is -0.492 e. The van der Waals surface area contributed by atoms with E-state index < -0.39 is 10.0 Å². The van der Waals surface area contributed by atoms with Gasteiger partial charge >= 0.3 is 0 Å². The lowest BCUT2D eigenvalue weighted by molar-refractivity contribution is 0.122. The van der Waals surface area contributed by atoms with Crippen molar-refractivity contribution in [1.82, 2.24) is 14.7 Å². The van der Waals surface area contributed by atoms with Crippen molar-refractivity contribution in [3.8, 4) is 5.75 Å². The second-order valence-corrected chi connectivity index (χ2v) is 8.13. The molecule has 0 atom stereocenters. The summed E-state index contributed by atoms with van der Waals surface area (Å²) in [5.74, 6) is 1.14. The molecular formula is C18H24N4O4S. The Bertz CT molecular complexity index is 840. The molecule has 0 bridgehead atoms. The summed E-state index contributed by atoms with van der Waals surface area (Å²) in [6.07, 6.45) is 0. The lowest BCUT2D eigenvalue weighted by Crippen LogP contribution is -2.37. The van der Waals surface area contributed by atoms with E-state index in [4.69, 9.17) is 9.47 Å². The first-order valence-corrected chi connectivity index (χ1v) is 10.5. The quantitative estimate of drug-likeness (QED) is 0.719. The van der Waals surface area contributed by atoms with Crippen molar-refractivity contribution < 1.29 is 17.9 Å². The van der Waals surface area contributed by atoms with Gasteiger partial charge in [0.1, 0.15) is 12.4 Å². The number of benzene rings is 1. The smallest absolute Gasteiger partial charge is 0.225 e. The van der Waals surface area contributed by atoms with Crippen molar-refractivity contribution in [3.63, 3.8) is 0 Å². The van der Waals surface area contributed by atoms with Gasteiger partial charge in [-0.2, -0.15) is 0 Å². The molecule has 2 aromatic rings. The molecule has 1 saturated heterocycles. The third-order valence-corrected chi connectivity index (χ3v) is 5.31. The van der Waals surface area contributed by atoms with E-state index in [2.05, 4.69) is 14.7 Å². The third-order valence-electron chi connectivity index (χ3n) is 4.03. The van der Waals surface area contributed by atoms with Gasteiger partial charge in [-0.25, -0.2) is 23.1 Å². The number of anilines is 1. The molecule has 1 aliphatic rings. The van der Waals surface area contributed by atoms with E-state index in [1.165, 1.54) is 0 Å². The number of hydrogen-bond acceptors (Lipinski definition) is 7. The molecule has 2 heterocycles. The zero-order chi connectivity index (χ0) is 19.1. The maximum absolute atomic E-state index is 12.2. The van der Waals surface area contributed by atoms with E-state index in [1.807, 2.05) is 30.0 Å². The second kappa shape index (κ2) is 9.12. The summed E-state index contributed by atoms with van der Waals surface area (Å²) in [5.41, 5.74) is 1.43. The SMILES string of the molecule is Cc1cc(CNS(=O)(=O)CCOc2ccccc2)nc(N2CCOCC2)n1. The fourth-order valence-electron chi connectivity index (χ4n) is 2.65. The van der Waals surface area contributed by atoms with Crippen LogP contribution in [0.15, 0.2) is 36.4 Å². The number of aryl methyl sites for hydroxylation is 1. The summed E-state index contributed by atoms with van der Waals surface area (Å²) in [6, 6.07) is 10.9. The summed E-state index contributed by atoms with van der Waals surface area (Å²) < 4.78 is 37.8. The molecular weight excluding hydrogens is 368 g/mol. The fourth-order valence-corrected chi connectivity index (χ4v) is 3.47. The van der Waals surface area contributed by atoms with Gasteiger partial charge in [0.05, 0.1) is 31.2 Å². The van der Waals surface area contributed by atoms with Crippen LogP contribution in [0, 0.1) is 6.92 Å². The van der Waals surface area contributed by atoms with Gasteiger partial charge in [-0.15, -0.1) is 0 Å². The molecule has 1 aromatic heterocycles. The Morgan fingerprint density at radius 3 is 2.67 bits per heavy atom. The van der Waals surface area contributed by atoms with Crippen LogP contribution in [0.25, 0.3) is 0 Å². The zero-order valence-electron chi connectivity index (χ0n) is 15.3. The monoisotopic (exact) mass is 392 g/mol. The molecule has 0 spiro atoms. The number of nitrogens with zero attached hydrogens (tertiary/aromatic N) is 3. The number of aromatic nitrogens is 2. The lowest BCUT2D eigenvalue weighted by Gasteiger charge is -2.27. The molecule has 8 nitrogen and oxygen atoms in total. The maximum Gasteiger partial charge on any atom is 0.225 e. The Hall–Kier alpha value is -2.23. The van der Waals surface area contributed by atoms with E-state index in [1.54, 1.807) is 18.2 Å². The number of hydrogen-bond donors (Lipinski definition) is 1. The number of sulfonamides is 1. The van der Waals surface area contributed by atoms with Gasteiger partial charge < -0.3 is 14.4 Å². The van der Waals surface area contributed by atoms with Crippen molar-refractivity contribution >= 4 is 16.0 Å². The van der Waals surface area contributed by atoms with Crippen molar-refractivity contribution in [2.75, 3.05) is 43.6 Å². The van der Waals surface area contributed by atoms with Crippen LogP contribution in [-0.4, -0.2) is 57.0 Å². The Labute approximate surface area is 159 Å². The van der Waals surface area contributed by atoms with Gasteiger partial charge in [-0.1, -0.05) is 18.2 Å². The van der Waals surface area contributed by atoms with E-state index >= 15 is 0 Å². The molecule has 0 amide bonds. The first-order valence-electron chi connectivity index (χ1n) is 8.84. The molecule has 1 fully saturated rings. The molecule has 3 rings (SSSR count). The van der Waals surface area contributed by atoms with Gasteiger partial charge in [0.15, 0.2) is 0 Å². The summed E-state index contributed by atoms with van der Waals surface area (Å²) in [5, 5.41) is 0. The number of nitrogens with one attached hydrogen (secondary N) is 1. The van der Waals surface area contributed by atoms with E-state index in [0.717, 1.165) is 18.8 Å². The normalized spacial score (nSPS) is 14.9. The first kappa shape index (κ1) is 19.5. The molecule has 27 heavy (non-hydrogen) atoms. The summed E-state index contributed by atoms with van der Waals surface area (Å²) in [7, 11) is -3.47. The van der Waals surface area contributed by atoms with Gasteiger partial charge in [0, 0.05) is 18.8 Å². The largest absolute Gasteiger partial charge is 0.492 e. The molecule has 1 N–H and O–H groups in total. The van der Waals surface area contributed by atoms with Crippen LogP contribution in [0.1, 0.15) is 11.4 Å². The highest BCUT2D eigenvalue weighted by atomic mass is 32.2. The molecule has 0 radical (unpaired) electrons. The van der Waals surface area contributed by atoms with Crippen LogP contribution in [0.3, 0.4) is 0 Å². The standard InChI is InChI=1S/C18H24N4O4S/c1-15-13-16(21-18(20-15)22-7-9-25-10-8-22)14-19-27(23,24)12-11-26-17-5-3-2-4-6-17/h2-6,13,19H,7-12,14H2,1H3. The van der Waals surface area contributed by atoms with Crippen LogP contribution in [0.2, 0.25) is 0 Å². The highest BCUT2D eigenvalue weighted by Gasteiger charge is 2.16. The first-order chi connectivity index (χ1) is 13.0. The van der Waals surface area contributed by atoms with Crippen molar-refractivity contribution in [1.29, 1.82) is 0 Å². The summed E-state index contributed by atoms with van der Waals surface area (Å²) in [4.78, 5) is 11.0. The third kappa shape index (κ3) is 6.16. The van der Waals surface area contributed by atoms with Crippen molar-refractivity contribution in [2.24, 2.45) is 0 Å². The van der Waals surface area contributed by atoms with E-state index in [-0.39, 0.29) is 18.9 Å². The summed E-state index contributed by atoms with van der Waals surface area (Å²) in [6.45, 7) is 4.81. The zero-order valence-corrected chi connectivity index (χ0v) is 16.1. The molecule has 1 aliphatic heterocycles. The van der Waals surface area contributed by atoms with Gasteiger partial charge in [-0.3, -0.25) is 0 Å². The Morgan fingerprint density at radius 1 is 1.19 bits per heavy atom. The second-order valence-electron chi connectivity index (χ2n) is 6.20. The fraction of sp³-hybridized carbons (Fsp3) is 0.444. The molecule has 0 saturated carbocycles.